The predicted molar refractivity (Wildman–Crippen MR) is 271 cm³/mol. The molecule has 0 N–H and O–H groups in total. The van der Waals surface area contributed by atoms with Crippen LogP contribution in [0.15, 0.2) is 70.5 Å². The third-order valence-electron chi connectivity index (χ3n) is 13.1. The second kappa shape index (κ2) is 34.2. The van der Waals surface area contributed by atoms with Crippen molar-refractivity contribution in [2.24, 2.45) is 0 Å². The van der Waals surface area contributed by atoms with Gasteiger partial charge in [-0.15, -0.1) is 0 Å². The van der Waals surface area contributed by atoms with E-state index in [2.05, 4.69) is 39.8 Å². The number of rotatable bonds is 34. The van der Waals surface area contributed by atoms with Gasteiger partial charge in [0.1, 0.15) is 20.2 Å². The van der Waals surface area contributed by atoms with Crippen LogP contribution >= 0.6 is 0 Å². The topological polar surface area (TPSA) is 114 Å². The maximum absolute atomic E-state index is 12.0. The smallest absolute Gasteiger partial charge is 0.744 e. The van der Waals surface area contributed by atoms with E-state index in [1.54, 1.807) is 12.1 Å². The van der Waals surface area contributed by atoms with Crippen LogP contribution in [0.2, 0.25) is 0 Å². The van der Waals surface area contributed by atoms with Gasteiger partial charge in [0.2, 0.25) is 0 Å². The summed E-state index contributed by atoms with van der Waals surface area (Å²) < 4.78 is 71.7. The van der Waals surface area contributed by atoms with Crippen molar-refractivity contribution in [3.63, 3.8) is 0 Å². The van der Waals surface area contributed by atoms with Gasteiger partial charge in [-0.05, 0) is 107 Å². The summed E-state index contributed by atoms with van der Waals surface area (Å²) in [4.78, 5) is -0.0480. The van der Waals surface area contributed by atoms with Gasteiger partial charge in [-0.1, -0.05) is 230 Å². The molecule has 6 nitrogen and oxygen atoms in total. The van der Waals surface area contributed by atoms with Gasteiger partial charge in [0, 0.05) is 0 Å². The van der Waals surface area contributed by atoms with Crippen LogP contribution in [0.3, 0.4) is 0 Å². The first kappa shape index (κ1) is 59.0. The first-order chi connectivity index (χ1) is 31.0. The molecule has 4 aromatic carbocycles. The van der Waals surface area contributed by atoms with E-state index in [0.717, 1.165) is 84.0 Å². The Hall–Kier alpha value is -2.16. The molecule has 0 aliphatic carbocycles. The Labute approximate surface area is 410 Å². The molecule has 9 heteroatoms. The SMILES string of the molecule is CCCCCCCCCc1cccc2c(CCCCCCCCC)c(S(=O)(=O)[O-])ccc12.CCCCCCCCCc1cccc2c(CCCCCCCCC)c(S(=O)(=O)[O-])ccc12.[Zn+2]. The van der Waals surface area contributed by atoms with Crippen molar-refractivity contribution in [2.45, 2.75) is 243 Å². The van der Waals surface area contributed by atoms with Crippen LogP contribution in [0, 0.1) is 0 Å². The zero-order valence-electron chi connectivity index (χ0n) is 41.4. The molecule has 4 aromatic rings. The summed E-state index contributed by atoms with van der Waals surface area (Å²) in [6.45, 7) is 8.91. The third kappa shape index (κ3) is 22.2. The summed E-state index contributed by atoms with van der Waals surface area (Å²) in [5.41, 5.74) is 4.00. The molecular weight excluding hydrogens is 898 g/mol. The van der Waals surface area contributed by atoms with Crippen molar-refractivity contribution in [3.05, 3.63) is 82.9 Å². The van der Waals surface area contributed by atoms with Crippen LogP contribution in [0.1, 0.15) is 230 Å². The third-order valence-corrected chi connectivity index (χ3v) is 15.0. The molecule has 4 rings (SSSR count). The molecule has 0 aromatic heterocycles. The fraction of sp³-hybridized carbons (Fsp3) is 0.643. The van der Waals surface area contributed by atoms with Crippen molar-refractivity contribution in [1.82, 2.24) is 0 Å². The Bertz CT molecular complexity index is 1960. The van der Waals surface area contributed by atoms with Crippen molar-refractivity contribution < 1.29 is 45.4 Å². The minimum atomic E-state index is -4.47. The van der Waals surface area contributed by atoms with Gasteiger partial charge in [0.05, 0.1) is 9.79 Å². The maximum Gasteiger partial charge on any atom is 2.00 e. The van der Waals surface area contributed by atoms with Gasteiger partial charge in [0.25, 0.3) is 0 Å². The summed E-state index contributed by atoms with van der Waals surface area (Å²) in [5, 5.41) is 4.13. The summed E-state index contributed by atoms with van der Waals surface area (Å²) in [5.74, 6) is 0. The van der Waals surface area contributed by atoms with E-state index >= 15 is 0 Å². The molecule has 0 amide bonds. The van der Waals surface area contributed by atoms with Crippen LogP contribution in [0.25, 0.3) is 21.5 Å². The summed E-state index contributed by atoms with van der Waals surface area (Å²) in [6, 6.07) is 19.2. The Kier molecular flexibility index (Phi) is 31.0. The number of benzene rings is 4. The molecule has 0 aliphatic rings. The van der Waals surface area contributed by atoms with E-state index in [-0.39, 0.29) is 29.3 Å². The zero-order valence-corrected chi connectivity index (χ0v) is 46.0. The Morgan fingerprint density at radius 2 is 0.585 bits per heavy atom. The van der Waals surface area contributed by atoms with Crippen LogP contribution < -0.4 is 0 Å². The number of aryl methyl sites for hydroxylation is 4. The van der Waals surface area contributed by atoms with Gasteiger partial charge in [-0.2, -0.15) is 0 Å². The minimum Gasteiger partial charge on any atom is -0.744 e. The van der Waals surface area contributed by atoms with E-state index in [0.29, 0.717) is 12.8 Å². The van der Waals surface area contributed by atoms with Gasteiger partial charge < -0.3 is 9.11 Å². The van der Waals surface area contributed by atoms with Crippen molar-refractivity contribution in [3.8, 4) is 0 Å². The predicted octanol–water partition coefficient (Wildman–Crippen LogP) is 16.7. The van der Waals surface area contributed by atoms with Crippen molar-refractivity contribution in [2.75, 3.05) is 0 Å². The van der Waals surface area contributed by atoms with E-state index in [4.69, 9.17) is 0 Å². The van der Waals surface area contributed by atoms with Crippen molar-refractivity contribution >= 4 is 41.8 Å². The Morgan fingerprint density at radius 1 is 0.323 bits per heavy atom. The summed E-state index contributed by atoms with van der Waals surface area (Å²) in [7, 11) is -8.95. The Balaban J connectivity index is 0.000000440. The molecule has 65 heavy (non-hydrogen) atoms. The molecular formula is C56H86O6S2Zn. The molecule has 0 bridgehead atoms. The van der Waals surface area contributed by atoms with Gasteiger partial charge >= 0.3 is 19.5 Å². The van der Waals surface area contributed by atoms with Crippen LogP contribution in [-0.2, 0) is 65.4 Å². The average molecular weight is 985 g/mol. The molecule has 0 saturated carbocycles. The Morgan fingerprint density at radius 3 is 0.862 bits per heavy atom. The molecule has 0 atom stereocenters. The normalized spacial score (nSPS) is 11.8. The minimum absolute atomic E-state index is 0. The van der Waals surface area contributed by atoms with E-state index in [9.17, 15) is 25.9 Å². The molecule has 0 heterocycles. The van der Waals surface area contributed by atoms with Crippen LogP contribution in [0.5, 0.6) is 0 Å². The number of hydrogen-bond acceptors (Lipinski definition) is 6. The van der Waals surface area contributed by atoms with Crippen LogP contribution in [-0.4, -0.2) is 25.9 Å². The maximum atomic E-state index is 12.0. The van der Waals surface area contributed by atoms with E-state index < -0.39 is 20.2 Å². The number of unbranched alkanes of at least 4 members (excludes halogenated alkanes) is 24. The van der Waals surface area contributed by atoms with Gasteiger partial charge in [-0.3, -0.25) is 0 Å². The van der Waals surface area contributed by atoms with Crippen molar-refractivity contribution in [1.29, 1.82) is 0 Å². The first-order valence-electron chi connectivity index (χ1n) is 26.0. The standard InChI is InChI=1S/2C28H44O3S.Zn/c2*1-3-5-7-9-11-13-15-18-24-19-17-21-26-25(24)22-23-28(32(29,30)31)27(26)20-16-14-12-10-8-6-4-2;/h2*17,19,21-23H,3-16,18,20H2,1-2H3,(H,29,30,31);/q;;+2/p-2. The molecule has 360 valence electrons. The molecule has 0 unspecified atom stereocenters. The van der Waals surface area contributed by atoms with Crippen LogP contribution in [0.4, 0.5) is 0 Å². The molecule has 0 spiro atoms. The largest absolute Gasteiger partial charge is 2.00 e. The molecule has 0 saturated heterocycles. The van der Waals surface area contributed by atoms with Gasteiger partial charge in [0.15, 0.2) is 0 Å². The summed E-state index contributed by atoms with van der Waals surface area (Å²) in [6.07, 6.45) is 37.6. The summed E-state index contributed by atoms with van der Waals surface area (Å²) >= 11 is 0. The quantitative estimate of drug-likeness (QED) is 0.0262. The molecule has 0 aliphatic heterocycles. The zero-order chi connectivity index (χ0) is 46.5. The second-order valence-corrected chi connectivity index (χ2v) is 21.2. The average Bonchev–Trinajstić information content (AvgIpc) is 3.27. The fourth-order valence-electron chi connectivity index (χ4n) is 9.41. The number of fused-ring (bicyclic) bond motifs is 2. The first-order valence-corrected chi connectivity index (χ1v) is 28.8. The fourth-order valence-corrected chi connectivity index (χ4v) is 10.9. The molecule has 0 fully saturated rings. The molecule has 0 radical (unpaired) electrons. The van der Waals surface area contributed by atoms with E-state index in [1.807, 2.05) is 36.4 Å². The van der Waals surface area contributed by atoms with Gasteiger partial charge in [-0.25, -0.2) is 16.8 Å². The number of hydrogen-bond donors (Lipinski definition) is 0. The second-order valence-electron chi connectivity index (χ2n) is 18.5. The monoisotopic (exact) mass is 983 g/mol. The van der Waals surface area contributed by atoms with E-state index in [1.165, 1.54) is 152 Å².